The van der Waals surface area contributed by atoms with Crippen LogP contribution in [0.5, 0.6) is 0 Å². The van der Waals surface area contributed by atoms with Gasteiger partial charge < -0.3 is 9.63 Å². The molecule has 0 aliphatic heterocycles. The largest absolute Gasteiger partial charge is 0.481 e. The normalized spacial score (nSPS) is 10.6. The van der Waals surface area contributed by atoms with Crippen molar-refractivity contribution in [3.63, 3.8) is 0 Å². The summed E-state index contributed by atoms with van der Waals surface area (Å²) in [7, 11) is 0. The number of nitrogens with zero attached hydrogens (tertiary/aromatic N) is 2. The number of aliphatic carboxylic acids is 1. The van der Waals surface area contributed by atoms with Crippen LogP contribution in [0.1, 0.15) is 40.3 Å². The van der Waals surface area contributed by atoms with E-state index in [4.69, 9.17) is 9.63 Å². The molecule has 2 heterocycles. The second-order valence-corrected chi connectivity index (χ2v) is 5.40. The predicted octanol–water partition coefficient (Wildman–Crippen LogP) is 2.41. The molecule has 21 heavy (non-hydrogen) atoms. The number of hydrogen-bond donors (Lipinski definition) is 2. The van der Waals surface area contributed by atoms with E-state index in [0.717, 1.165) is 5.69 Å². The first-order chi connectivity index (χ1) is 9.97. The van der Waals surface area contributed by atoms with E-state index in [9.17, 15) is 9.59 Å². The first-order valence-electron chi connectivity index (χ1n) is 6.37. The fourth-order valence-electron chi connectivity index (χ4n) is 1.87. The monoisotopic (exact) mass is 309 g/mol. The van der Waals surface area contributed by atoms with Gasteiger partial charge in [0.05, 0.1) is 11.4 Å². The number of aryl methyl sites for hydroxylation is 3. The fourth-order valence-corrected chi connectivity index (χ4v) is 2.61. The third-order valence-electron chi connectivity index (χ3n) is 2.86. The van der Waals surface area contributed by atoms with Crippen LogP contribution in [0.4, 0.5) is 5.13 Å². The molecule has 0 aliphatic rings. The summed E-state index contributed by atoms with van der Waals surface area (Å²) in [5, 5.41) is 17.3. The Hall–Kier alpha value is -2.22. The number of anilines is 1. The summed E-state index contributed by atoms with van der Waals surface area (Å²) in [4.78, 5) is 26.8. The van der Waals surface area contributed by atoms with Crippen molar-refractivity contribution in [2.75, 3.05) is 5.32 Å². The molecule has 0 radical (unpaired) electrons. The van der Waals surface area contributed by atoms with E-state index in [1.165, 1.54) is 11.3 Å². The molecule has 0 saturated carbocycles. The second kappa shape index (κ2) is 6.49. The van der Waals surface area contributed by atoms with Gasteiger partial charge in [-0.25, -0.2) is 4.98 Å². The molecule has 2 rings (SSSR count). The minimum Gasteiger partial charge on any atom is -0.481 e. The molecule has 2 N–H and O–H groups in total. The fraction of sp³-hybridized carbons (Fsp3) is 0.385. The van der Waals surface area contributed by atoms with Crippen molar-refractivity contribution in [2.24, 2.45) is 0 Å². The summed E-state index contributed by atoms with van der Waals surface area (Å²) in [5.41, 5.74) is 1.72. The number of carbonyl (C=O) groups excluding carboxylic acids is 1. The minimum atomic E-state index is -0.822. The van der Waals surface area contributed by atoms with Gasteiger partial charge in [-0.3, -0.25) is 14.9 Å². The van der Waals surface area contributed by atoms with Crippen LogP contribution in [0.2, 0.25) is 0 Å². The first kappa shape index (κ1) is 15.2. The third-order valence-corrected chi connectivity index (χ3v) is 3.66. The lowest BCUT2D eigenvalue weighted by atomic mass is 10.2. The van der Waals surface area contributed by atoms with Gasteiger partial charge in [-0.2, -0.15) is 0 Å². The van der Waals surface area contributed by atoms with Crippen LogP contribution in [0.25, 0.3) is 0 Å². The van der Waals surface area contributed by atoms with Crippen molar-refractivity contribution in [1.82, 2.24) is 10.1 Å². The van der Waals surface area contributed by atoms with Gasteiger partial charge in [0.25, 0.3) is 5.91 Å². The quantitative estimate of drug-likeness (QED) is 0.849. The highest BCUT2D eigenvalue weighted by Gasteiger charge is 2.18. The maximum absolute atomic E-state index is 12.1. The molecule has 7 nitrogen and oxygen atoms in total. The van der Waals surface area contributed by atoms with Gasteiger partial charge in [0.1, 0.15) is 11.3 Å². The van der Waals surface area contributed by atoms with Gasteiger partial charge in [0.2, 0.25) is 0 Å². The van der Waals surface area contributed by atoms with E-state index in [0.29, 0.717) is 35.0 Å². The number of carboxylic acid groups (broad SMARTS) is 1. The van der Waals surface area contributed by atoms with E-state index in [-0.39, 0.29) is 12.3 Å². The highest BCUT2D eigenvalue weighted by Crippen LogP contribution is 2.20. The van der Waals surface area contributed by atoms with Gasteiger partial charge in [0.15, 0.2) is 5.13 Å². The Kier molecular flexibility index (Phi) is 4.69. The molecule has 8 heteroatoms. The molecule has 0 aromatic carbocycles. The lowest BCUT2D eigenvalue weighted by Crippen LogP contribution is -2.13. The number of thiazole rings is 1. The molecule has 0 spiro atoms. The molecule has 0 unspecified atom stereocenters. The van der Waals surface area contributed by atoms with Gasteiger partial charge in [-0.15, -0.1) is 11.3 Å². The summed E-state index contributed by atoms with van der Waals surface area (Å²) < 4.78 is 4.95. The van der Waals surface area contributed by atoms with Crippen LogP contribution in [-0.2, 0) is 11.2 Å². The lowest BCUT2D eigenvalue weighted by molar-refractivity contribution is -0.137. The summed E-state index contributed by atoms with van der Waals surface area (Å²) in [5.74, 6) is -0.668. The Bertz CT molecular complexity index is 643. The van der Waals surface area contributed by atoms with E-state index < -0.39 is 5.97 Å². The average molecular weight is 309 g/mol. The highest BCUT2D eigenvalue weighted by atomic mass is 32.1. The van der Waals surface area contributed by atoms with Gasteiger partial charge in [-0.1, -0.05) is 5.16 Å². The Morgan fingerprint density at radius 1 is 1.43 bits per heavy atom. The Morgan fingerprint density at radius 2 is 2.19 bits per heavy atom. The highest BCUT2D eigenvalue weighted by molar-refractivity contribution is 7.14. The predicted molar refractivity (Wildman–Crippen MR) is 76.6 cm³/mol. The second-order valence-electron chi connectivity index (χ2n) is 4.54. The van der Waals surface area contributed by atoms with Crippen molar-refractivity contribution < 1.29 is 19.2 Å². The number of rotatable bonds is 6. The lowest BCUT2D eigenvalue weighted by Gasteiger charge is -2.00. The third kappa shape index (κ3) is 3.88. The number of carboxylic acids is 1. The molecular formula is C13H15N3O4S. The molecule has 0 saturated heterocycles. The smallest absolute Gasteiger partial charge is 0.303 e. The number of carbonyl (C=O) groups is 2. The zero-order valence-corrected chi connectivity index (χ0v) is 12.5. The number of hydrogen-bond acceptors (Lipinski definition) is 6. The summed E-state index contributed by atoms with van der Waals surface area (Å²) >= 11 is 1.30. The average Bonchev–Trinajstić information content (AvgIpc) is 2.96. The van der Waals surface area contributed by atoms with Crippen LogP contribution in [0.15, 0.2) is 9.90 Å². The van der Waals surface area contributed by atoms with Crippen molar-refractivity contribution >= 4 is 28.3 Å². The molecule has 112 valence electrons. The zero-order chi connectivity index (χ0) is 15.4. The van der Waals surface area contributed by atoms with Crippen LogP contribution in [0, 0.1) is 13.8 Å². The van der Waals surface area contributed by atoms with Crippen molar-refractivity contribution in [2.45, 2.75) is 33.1 Å². The van der Waals surface area contributed by atoms with Crippen LogP contribution >= 0.6 is 11.3 Å². The van der Waals surface area contributed by atoms with Gasteiger partial charge in [0, 0.05) is 11.8 Å². The molecular weight excluding hydrogens is 294 g/mol. The van der Waals surface area contributed by atoms with E-state index in [1.54, 1.807) is 13.8 Å². The number of nitrogens with one attached hydrogen (secondary N) is 1. The van der Waals surface area contributed by atoms with Crippen molar-refractivity contribution in [3.05, 3.63) is 28.1 Å². The zero-order valence-electron chi connectivity index (χ0n) is 11.7. The molecule has 2 aromatic rings. The summed E-state index contributed by atoms with van der Waals surface area (Å²) in [6.07, 6.45) is 1.21. The number of amides is 1. The molecule has 0 fully saturated rings. The molecule has 0 bridgehead atoms. The maximum Gasteiger partial charge on any atom is 0.303 e. The summed E-state index contributed by atoms with van der Waals surface area (Å²) in [6, 6.07) is 0. The van der Waals surface area contributed by atoms with Crippen LogP contribution < -0.4 is 5.32 Å². The maximum atomic E-state index is 12.1. The van der Waals surface area contributed by atoms with Crippen LogP contribution in [-0.4, -0.2) is 27.1 Å². The first-order valence-corrected chi connectivity index (χ1v) is 7.25. The Balaban J connectivity index is 1.96. The Morgan fingerprint density at radius 3 is 2.81 bits per heavy atom. The van der Waals surface area contributed by atoms with E-state index >= 15 is 0 Å². The van der Waals surface area contributed by atoms with Crippen molar-refractivity contribution in [1.29, 1.82) is 0 Å². The number of aromatic nitrogens is 2. The van der Waals surface area contributed by atoms with Crippen molar-refractivity contribution in [3.8, 4) is 0 Å². The standard InChI is InChI=1S/C13H15N3O4S/c1-7-11(8(2)20-16-7)12(19)15-13-14-9(6-21-13)4-3-5-10(17)18/h6H,3-5H2,1-2H3,(H,17,18)(H,14,15,19). The molecule has 0 atom stereocenters. The summed E-state index contributed by atoms with van der Waals surface area (Å²) in [6.45, 7) is 3.37. The van der Waals surface area contributed by atoms with Gasteiger partial charge in [-0.05, 0) is 26.7 Å². The van der Waals surface area contributed by atoms with E-state index in [1.807, 2.05) is 5.38 Å². The minimum absolute atomic E-state index is 0.109. The SMILES string of the molecule is Cc1noc(C)c1C(=O)Nc1nc(CCCC(=O)O)cs1. The molecule has 1 amide bonds. The molecule has 2 aromatic heterocycles. The van der Waals surface area contributed by atoms with Gasteiger partial charge >= 0.3 is 5.97 Å². The topological polar surface area (TPSA) is 105 Å². The Labute approximate surface area is 125 Å². The van der Waals surface area contributed by atoms with Crippen LogP contribution in [0.3, 0.4) is 0 Å². The molecule has 0 aliphatic carbocycles. The van der Waals surface area contributed by atoms with E-state index in [2.05, 4.69) is 15.5 Å².